The number of carbonyl (C=O) groups excluding carboxylic acids is 1. The summed E-state index contributed by atoms with van der Waals surface area (Å²) in [7, 11) is 0. The van der Waals surface area contributed by atoms with Gasteiger partial charge in [-0.05, 0) is 36.2 Å². The maximum absolute atomic E-state index is 11.3. The lowest BCUT2D eigenvalue weighted by molar-refractivity contribution is -0.116. The first-order valence-corrected chi connectivity index (χ1v) is 6.54. The maximum atomic E-state index is 11.3. The normalized spacial score (nSPS) is 13.2. The monoisotopic (exact) mass is 282 g/mol. The second-order valence-electron chi connectivity index (χ2n) is 4.74. The Hall–Kier alpha value is -2.89. The van der Waals surface area contributed by atoms with Crippen LogP contribution in [0, 0.1) is 5.41 Å². The van der Waals surface area contributed by atoms with Crippen molar-refractivity contribution in [1.82, 2.24) is 4.98 Å². The van der Waals surface area contributed by atoms with Gasteiger partial charge in [-0.15, -0.1) is 0 Å². The summed E-state index contributed by atoms with van der Waals surface area (Å²) < 4.78 is 5.69. The lowest BCUT2D eigenvalue weighted by Gasteiger charge is -2.17. The molecule has 0 bridgehead atoms. The summed E-state index contributed by atoms with van der Waals surface area (Å²) in [4.78, 5) is 15.5. The molecule has 106 valence electrons. The van der Waals surface area contributed by atoms with Gasteiger partial charge in [-0.2, -0.15) is 0 Å². The Morgan fingerprint density at radius 1 is 1.29 bits per heavy atom. The highest BCUT2D eigenvalue weighted by molar-refractivity contribution is 5.94. The number of amides is 1. The van der Waals surface area contributed by atoms with E-state index in [1.807, 2.05) is 12.1 Å². The van der Waals surface area contributed by atoms with Crippen LogP contribution in [-0.2, 0) is 11.2 Å². The number of ether oxygens (including phenoxy) is 1. The second kappa shape index (κ2) is 5.24. The summed E-state index contributed by atoms with van der Waals surface area (Å²) in [6.07, 6.45) is 1.17. The molecule has 0 spiro atoms. The molecule has 21 heavy (non-hydrogen) atoms. The fourth-order valence-electron chi connectivity index (χ4n) is 2.17. The van der Waals surface area contributed by atoms with E-state index in [0.717, 1.165) is 11.3 Å². The minimum Gasteiger partial charge on any atom is -0.439 e. The van der Waals surface area contributed by atoms with E-state index < -0.39 is 0 Å². The summed E-state index contributed by atoms with van der Waals surface area (Å²) >= 11 is 0. The Morgan fingerprint density at radius 3 is 2.95 bits per heavy atom. The molecule has 2 aromatic rings. The number of hydrogen-bond donors (Lipinski definition) is 3. The Morgan fingerprint density at radius 2 is 2.14 bits per heavy atom. The number of fused-ring (bicyclic) bond motifs is 1. The molecule has 0 atom stereocenters. The van der Waals surface area contributed by atoms with Crippen LogP contribution in [-0.4, -0.2) is 16.7 Å². The van der Waals surface area contributed by atoms with Crippen LogP contribution >= 0.6 is 0 Å². The third kappa shape index (κ3) is 2.84. The minimum absolute atomic E-state index is 0.0343. The molecule has 2 heterocycles. The van der Waals surface area contributed by atoms with Crippen molar-refractivity contribution < 1.29 is 9.53 Å². The first kappa shape index (κ1) is 13.1. The van der Waals surface area contributed by atoms with E-state index in [4.69, 9.17) is 15.9 Å². The van der Waals surface area contributed by atoms with E-state index in [1.165, 1.54) is 0 Å². The number of benzene rings is 1. The number of amidine groups is 1. The average molecular weight is 282 g/mol. The number of nitrogen functional groups attached to an aromatic ring is 1. The number of carbonyl (C=O) groups is 1. The van der Waals surface area contributed by atoms with Crippen molar-refractivity contribution in [2.24, 2.45) is 5.73 Å². The lowest BCUT2D eigenvalue weighted by Crippen LogP contribution is -2.18. The molecule has 3 rings (SSSR count). The van der Waals surface area contributed by atoms with E-state index >= 15 is 0 Å². The highest BCUT2D eigenvalue weighted by atomic mass is 16.5. The quantitative estimate of drug-likeness (QED) is 0.592. The fraction of sp³-hybridized carbons (Fsp3) is 0.133. The second-order valence-corrected chi connectivity index (χ2v) is 4.74. The van der Waals surface area contributed by atoms with Crippen molar-refractivity contribution in [1.29, 1.82) is 5.41 Å². The van der Waals surface area contributed by atoms with E-state index in [2.05, 4.69) is 10.3 Å². The first-order chi connectivity index (χ1) is 10.1. The zero-order chi connectivity index (χ0) is 14.8. The molecule has 0 fully saturated rings. The minimum atomic E-state index is -0.103. The van der Waals surface area contributed by atoms with Crippen molar-refractivity contribution in [3.8, 4) is 11.6 Å². The van der Waals surface area contributed by atoms with Gasteiger partial charge in [0.1, 0.15) is 17.3 Å². The van der Waals surface area contributed by atoms with Crippen molar-refractivity contribution >= 4 is 17.4 Å². The van der Waals surface area contributed by atoms with Gasteiger partial charge < -0.3 is 15.8 Å². The third-order valence-corrected chi connectivity index (χ3v) is 3.19. The van der Waals surface area contributed by atoms with E-state index in [9.17, 15) is 4.79 Å². The Kier molecular flexibility index (Phi) is 3.27. The third-order valence-electron chi connectivity index (χ3n) is 3.19. The van der Waals surface area contributed by atoms with Crippen LogP contribution in [0.3, 0.4) is 0 Å². The summed E-state index contributed by atoms with van der Waals surface area (Å²) in [5, 5.41) is 10.2. The molecule has 1 amide bonds. The topological polar surface area (TPSA) is 101 Å². The first-order valence-electron chi connectivity index (χ1n) is 6.54. The van der Waals surface area contributed by atoms with Crippen LogP contribution in [0.4, 0.5) is 5.69 Å². The lowest BCUT2D eigenvalue weighted by atomic mass is 10.0. The van der Waals surface area contributed by atoms with E-state index in [1.54, 1.807) is 24.3 Å². The molecular weight excluding hydrogens is 268 g/mol. The highest BCUT2D eigenvalue weighted by Crippen LogP contribution is 2.29. The molecule has 1 aromatic heterocycles. The molecule has 0 saturated heterocycles. The zero-order valence-electron chi connectivity index (χ0n) is 11.2. The summed E-state index contributed by atoms with van der Waals surface area (Å²) in [5.41, 5.74) is 7.64. The average Bonchev–Trinajstić information content (AvgIpc) is 2.48. The Labute approximate surface area is 121 Å². The van der Waals surface area contributed by atoms with Crippen LogP contribution in [0.1, 0.15) is 17.7 Å². The molecular formula is C15H14N4O2. The molecule has 1 aliphatic heterocycles. The summed E-state index contributed by atoms with van der Waals surface area (Å²) in [6, 6.07) is 10.6. The number of nitrogens with two attached hydrogens (primary N) is 1. The van der Waals surface area contributed by atoms with Gasteiger partial charge in [0.15, 0.2) is 0 Å². The van der Waals surface area contributed by atoms with Gasteiger partial charge in [-0.3, -0.25) is 10.2 Å². The van der Waals surface area contributed by atoms with Crippen molar-refractivity contribution in [3.63, 3.8) is 0 Å². The van der Waals surface area contributed by atoms with Crippen LogP contribution in [0.25, 0.3) is 0 Å². The fourth-order valence-corrected chi connectivity index (χ4v) is 2.17. The smallest absolute Gasteiger partial charge is 0.224 e. The van der Waals surface area contributed by atoms with Crippen molar-refractivity contribution in [3.05, 3.63) is 47.7 Å². The number of nitrogens with zero attached hydrogens (tertiary/aromatic N) is 1. The van der Waals surface area contributed by atoms with Crippen LogP contribution in [0.5, 0.6) is 11.6 Å². The zero-order valence-corrected chi connectivity index (χ0v) is 11.2. The van der Waals surface area contributed by atoms with Gasteiger partial charge in [0.2, 0.25) is 11.8 Å². The number of aromatic nitrogens is 1. The molecule has 0 aliphatic carbocycles. The molecule has 1 aliphatic rings. The van der Waals surface area contributed by atoms with E-state index in [0.29, 0.717) is 30.2 Å². The number of pyridine rings is 1. The van der Waals surface area contributed by atoms with Crippen LogP contribution < -0.4 is 15.8 Å². The molecule has 1 aromatic carbocycles. The maximum Gasteiger partial charge on any atom is 0.224 e. The Balaban J connectivity index is 1.84. The number of rotatable bonds is 3. The van der Waals surface area contributed by atoms with Gasteiger partial charge in [0, 0.05) is 18.2 Å². The van der Waals surface area contributed by atoms with Crippen LogP contribution in [0.15, 0.2) is 36.4 Å². The van der Waals surface area contributed by atoms with E-state index in [-0.39, 0.29) is 11.7 Å². The highest BCUT2D eigenvalue weighted by Gasteiger charge is 2.15. The van der Waals surface area contributed by atoms with Gasteiger partial charge in [0.05, 0.1) is 0 Å². The summed E-state index contributed by atoms with van der Waals surface area (Å²) in [6.45, 7) is 0. The van der Waals surface area contributed by atoms with Crippen molar-refractivity contribution in [2.75, 3.05) is 5.32 Å². The SMILES string of the molecule is N=C(N)c1cccc(Oc2ccc3c(c2)CCC(=O)N3)n1. The van der Waals surface area contributed by atoms with Gasteiger partial charge >= 0.3 is 0 Å². The molecule has 0 saturated carbocycles. The van der Waals surface area contributed by atoms with Crippen molar-refractivity contribution in [2.45, 2.75) is 12.8 Å². The van der Waals surface area contributed by atoms with Gasteiger partial charge in [0.25, 0.3) is 0 Å². The predicted molar refractivity (Wildman–Crippen MR) is 78.7 cm³/mol. The largest absolute Gasteiger partial charge is 0.439 e. The molecule has 6 heteroatoms. The number of aryl methyl sites for hydroxylation is 1. The predicted octanol–water partition coefficient (Wildman–Crippen LogP) is 2.04. The summed E-state index contributed by atoms with van der Waals surface area (Å²) in [5.74, 6) is 0.946. The number of nitrogens with one attached hydrogen (secondary N) is 2. The molecule has 6 nitrogen and oxygen atoms in total. The standard InChI is InChI=1S/C15H14N4O2/c16-15(17)12-2-1-3-14(19-12)21-10-5-6-11-9(8-10)4-7-13(20)18-11/h1-3,5-6,8H,4,7H2,(H3,16,17)(H,18,20). The van der Waals surface area contributed by atoms with Gasteiger partial charge in [-0.25, -0.2) is 4.98 Å². The van der Waals surface area contributed by atoms with Crippen LogP contribution in [0.2, 0.25) is 0 Å². The molecule has 4 N–H and O–H groups in total. The number of anilines is 1. The molecule has 0 unspecified atom stereocenters. The number of hydrogen-bond acceptors (Lipinski definition) is 4. The Bertz CT molecular complexity index is 727. The van der Waals surface area contributed by atoms with Gasteiger partial charge in [-0.1, -0.05) is 6.07 Å². The molecule has 0 radical (unpaired) electrons.